The van der Waals surface area contributed by atoms with E-state index in [9.17, 15) is 8.42 Å². The van der Waals surface area contributed by atoms with Gasteiger partial charge in [0.1, 0.15) is 10.6 Å². The van der Waals surface area contributed by atoms with Crippen molar-refractivity contribution in [2.24, 2.45) is 11.1 Å². The summed E-state index contributed by atoms with van der Waals surface area (Å²) >= 11 is 3.28. The molecule has 1 aromatic carbocycles. The van der Waals surface area contributed by atoms with Gasteiger partial charge in [-0.2, -0.15) is 0 Å². The smallest absolute Gasteiger partial charge is 0.241 e. The lowest BCUT2D eigenvalue weighted by molar-refractivity contribution is 0.245. The lowest BCUT2D eigenvalue weighted by Gasteiger charge is -2.16. The van der Waals surface area contributed by atoms with E-state index in [1.54, 1.807) is 0 Å². The molecule has 1 saturated carbocycles. The Morgan fingerprint density at radius 2 is 2.00 bits per heavy atom. The highest BCUT2D eigenvalue weighted by atomic mass is 79.9. The van der Waals surface area contributed by atoms with Gasteiger partial charge in [0.2, 0.25) is 10.0 Å². The highest BCUT2D eigenvalue weighted by molar-refractivity contribution is 9.10. The van der Waals surface area contributed by atoms with Gasteiger partial charge in [0.15, 0.2) is 0 Å². The summed E-state index contributed by atoms with van der Waals surface area (Å²) in [5.74, 6) is 0.911. The Labute approximate surface area is 122 Å². The molecular formula is C13H18BrNO3S. The van der Waals surface area contributed by atoms with Gasteiger partial charge >= 0.3 is 0 Å². The summed E-state index contributed by atoms with van der Waals surface area (Å²) in [7, 11) is -3.78. The van der Waals surface area contributed by atoms with Crippen molar-refractivity contribution in [3.8, 4) is 5.75 Å². The second-order valence-electron chi connectivity index (χ2n) is 5.06. The molecule has 1 aromatic rings. The Morgan fingerprint density at radius 3 is 2.58 bits per heavy atom. The number of hydrogen-bond donors (Lipinski definition) is 1. The molecule has 1 aliphatic carbocycles. The predicted molar refractivity (Wildman–Crippen MR) is 77.7 cm³/mol. The average Bonchev–Trinajstić information content (AvgIpc) is 2.78. The van der Waals surface area contributed by atoms with E-state index in [1.165, 1.54) is 18.9 Å². The van der Waals surface area contributed by atoms with Crippen LogP contribution in [0.2, 0.25) is 0 Å². The third-order valence-electron chi connectivity index (χ3n) is 3.45. The standard InChI is InChI=1S/C13H18BrNO3S/c1-9-6-11(14)7-12(19(15,16)17)13(9)18-8-10-4-2-3-5-10/h6-7,10H,2-5,8H2,1H3,(H2,15,16,17). The van der Waals surface area contributed by atoms with Crippen molar-refractivity contribution in [1.82, 2.24) is 0 Å². The van der Waals surface area contributed by atoms with Gasteiger partial charge in [0.25, 0.3) is 0 Å². The largest absolute Gasteiger partial charge is 0.492 e. The minimum atomic E-state index is -3.78. The van der Waals surface area contributed by atoms with E-state index in [1.807, 2.05) is 13.0 Å². The SMILES string of the molecule is Cc1cc(Br)cc(S(N)(=O)=O)c1OCC1CCCC1. The van der Waals surface area contributed by atoms with E-state index >= 15 is 0 Å². The van der Waals surface area contributed by atoms with Gasteiger partial charge in [-0.1, -0.05) is 28.8 Å². The van der Waals surface area contributed by atoms with Crippen LogP contribution in [0.4, 0.5) is 0 Å². The fourth-order valence-corrected chi connectivity index (χ4v) is 3.97. The number of hydrogen-bond acceptors (Lipinski definition) is 3. The van der Waals surface area contributed by atoms with Gasteiger partial charge in [0.05, 0.1) is 6.61 Å². The molecule has 0 aliphatic heterocycles. The van der Waals surface area contributed by atoms with Crippen LogP contribution < -0.4 is 9.88 Å². The molecule has 0 radical (unpaired) electrons. The van der Waals surface area contributed by atoms with Gasteiger partial charge in [-0.25, -0.2) is 13.6 Å². The molecule has 0 unspecified atom stereocenters. The number of nitrogens with two attached hydrogens (primary N) is 1. The first-order valence-electron chi connectivity index (χ1n) is 6.33. The number of aryl methyl sites for hydroxylation is 1. The summed E-state index contributed by atoms with van der Waals surface area (Å²) in [5, 5.41) is 5.25. The molecular weight excluding hydrogens is 330 g/mol. The second-order valence-corrected chi connectivity index (χ2v) is 7.50. The number of halogens is 1. The van der Waals surface area contributed by atoms with Crippen LogP contribution in [0.15, 0.2) is 21.5 Å². The number of benzene rings is 1. The molecule has 2 rings (SSSR count). The first-order valence-corrected chi connectivity index (χ1v) is 8.67. The summed E-state index contributed by atoms with van der Waals surface area (Å²) in [6, 6.07) is 3.32. The van der Waals surface area contributed by atoms with E-state index < -0.39 is 10.0 Å². The molecule has 0 aromatic heterocycles. The van der Waals surface area contributed by atoms with Crippen molar-refractivity contribution >= 4 is 26.0 Å². The fraction of sp³-hybridized carbons (Fsp3) is 0.538. The summed E-state index contributed by atoms with van der Waals surface area (Å²) < 4.78 is 29.7. The summed E-state index contributed by atoms with van der Waals surface area (Å²) in [6.45, 7) is 2.38. The lowest BCUT2D eigenvalue weighted by atomic mass is 10.1. The topological polar surface area (TPSA) is 69.4 Å². The molecule has 0 amide bonds. The Balaban J connectivity index is 2.27. The number of primary sulfonamides is 1. The van der Waals surface area contributed by atoms with Crippen molar-refractivity contribution < 1.29 is 13.2 Å². The summed E-state index contributed by atoms with van der Waals surface area (Å²) in [6.07, 6.45) is 4.77. The fourth-order valence-electron chi connectivity index (χ4n) is 2.47. The van der Waals surface area contributed by atoms with Crippen LogP contribution in [-0.2, 0) is 10.0 Å². The average molecular weight is 348 g/mol. The normalized spacial score (nSPS) is 16.8. The van der Waals surface area contributed by atoms with Crippen molar-refractivity contribution in [3.05, 3.63) is 22.2 Å². The Kier molecular flexibility index (Phi) is 4.53. The summed E-state index contributed by atoms with van der Waals surface area (Å²) in [4.78, 5) is 0.0531. The Hall–Kier alpha value is -0.590. The van der Waals surface area contributed by atoms with Gasteiger partial charge in [-0.05, 0) is 43.4 Å². The van der Waals surface area contributed by atoms with Gasteiger partial charge in [0, 0.05) is 4.47 Å². The van der Waals surface area contributed by atoms with Crippen LogP contribution in [0.1, 0.15) is 31.2 Å². The molecule has 19 heavy (non-hydrogen) atoms. The quantitative estimate of drug-likeness (QED) is 0.909. The maximum Gasteiger partial charge on any atom is 0.241 e. The molecule has 4 nitrogen and oxygen atoms in total. The molecule has 6 heteroatoms. The van der Waals surface area contributed by atoms with Gasteiger partial charge in [-0.15, -0.1) is 0 Å². The monoisotopic (exact) mass is 347 g/mol. The van der Waals surface area contributed by atoms with E-state index in [4.69, 9.17) is 9.88 Å². The van der Waals surface area contributed by atoms with Crippen LogP contribution in [0.5, 0.6) is 5.75 Å². The zero-order valence-corrected chi connectivity index (χ0v) is 13.3. The van der Waals surface area contributed by atoms with E-state index in [0.29, 0.717) is 22.7 Å². The van der Waals surface area contributed by atoms with Crippen molar-refractivity contribution in [3.63, 3.8) is 0 Å². The number of sulfonamides is 1. The van der Waals surface area contributed by atoms with Crippen molar-refractivity contribution in [2.75, 3.05) is 6.61 Å². The molecule has 106 valence electrons. The molecule has 0 saturated heterocycles. The van der Waals surface area contributed by atoms with Crippen molar-refractivity contribution in [2.45, 2.75) is 37.5 Å². The molecule has 2 N–H and O–H groups in total. The third-order valence-corrected chi connectivity index (χ3v) is 4.82. The zero-order chi connectivity index (χ0) is 14.0. The molecule has 0 heterocycles. The Bertz CT molecular complexity index is 565. The first kappa shape index (κ1) is 14.8. The maximum absolute atomic E-state index is 11.6. The predicted octanol–water partition coefficient (Wildman–Crippen LogP) is 2.97. The van der Waals surface area contributed by atoms with Crippen LogP contribution in [0.3, 0.4) is 0 Å². The number of ether oxygens (including phenoxy) is 1. The maximum atomic E-state index is 11.6. The van der Waals surface area contributed by atoms with E-state index in [-0.39, 0.29) is 4.90 Å². The van der Waals surface area contributed by atoms with Crippen LogP contribution in [0.25, 0.3) is 0 Å². The lowest BCUT2D eigenvalue weighted by Crippen LogP contribution is -2.16. The van der Waals surface area contributed by atoms with Crippen LogP contribution in [-0.4, -0.2) is 15.0 Å². The van der Waals surface area contributed by atoms with Crippen LogP contribution >= 0.6 is 15.9 Å². The van der Waals surface area contributed by atoms with Gasteiger partial charge in [-0.3, -0.25) is 0 Å². The van der Waals surface area contributed by atoms with Crippen LogP contribution in [0, 0.1) is 12.8 Å². The molecule has 0 spiro atoms. The minimum absolute atomic E-state index is 0.0531. The molecule has 0 bridgehead atoms. The van der Waals surface area contributed by atoms with E-state index in [2.05, 4.69) is 15.9 Å². The minimum Gasteiger partial charge on any atom is -0.492 e. The Morgan fingerprint density at radius 1 is 1.37 bits per heavy atom. The zero-order valence-electron chi connectivity index (χ0n) is 10.9. The van der Waals surface area contributed by atoms with Crippen molar-refractivity contribution in [1.29, 1.82) is 0 Å². The molecule has 0 atom stereocenters. The van der Waals surface area contributed by atoms with Gasteiger partial charge < -0.3 is 4.74 Å². The highest BCUT2D eigenvalue weighted by Gasteiger charge is 2.21. The van der Waals surface area contributed by atoms with E-state index in [0.717, 1.165) is 18.4 Å². The molecule has 1 aliphatic rings. The third kappa shape index (κ3) is 3.70. The first-order chi connectivity index (χ1) is 8.88. The summed E-state index contributed by atoms with van der Waals surface area (Å²) in [5.41, 5.74) is 0.774. The number of rotatable bonds is 4. The molecule has 1 fully saturated rings. The second kappa shape index (κ2) is 5.81. The highest BCUT2D eigenvalue weighted by Crippen LogP contribution is 2.32.